The van der Waals surface area contributed by atoms with E-state index in [-0.39, 0.29) is 0 Å². The fourth-order valence-electron chi connectivity index (χ4n) is 2.99. The first-order chi connectivity index (χ1) is 5.54. The van der Waals surface area contributed by atoms with Crippen LogP contribution < -0.4 is 0 Å². The third kappa shape index (κ3) is 2.02. The number of hydrogen-bond donors (Lipinski definition) is 0. The average Bonchev–Trinajstić information content (AvgIpc) is 2.02. The summed E-state index contributed by atoms with van der Waals surface area (Å²) in [5.41, 5.74) is 1.31. The first-order valence-electron chi connectivity index (χ1n) is 5.54. The van der Waals surface area contributed by atoms with Crippen LogP contribution >= 0.6 is 0 Å². The summed E-state index contributed by atoms with van der Waals surface area (Å²) in [5, 5.41) is 0. The Kier molecular flexibility index (Phi) is 2.85. The molecule has 0 aromatic heterocycles. The molecule has 0 atom stereocenters. The van der Waals surface area contributed by atoms with Crippen molar-refractivity contribution in [3.63, 3.8) is 0 Å². The molecule has 0 spiro atoms. The van der Waals surface area contributed by atoms with Gasteiger partial charge in [-0.2, -0.15) is 0 Å². The highest BCUT2D eigenvalue weighted by atomic mass is 14.4. The Morgan fingerprint density at radius 2 is 1.58 bits per heavy atom. The number of hydrogen-bond acceptors (Lipinski definition) is 0. The topological polar surface area (TPSA) is 0 Å². The van der Waals surface area contributed by atoms with Crippen LogP contribution in [0, 0.1) is 10.8 Å². The Balaban J connectivity index is 2.65. The maximum atomic E-state index is 2.44. The lowest BCUT2D eigenvalue weighted by molar-refractivity contribution is 0.0750. The van der Waals surface area contributed by atoms with Crippen molar-refractivity contribution in [3.05, 3.63) is 0 Å². The van der Waals surface area contributed by atoms with Crippen LogP contribution in [0.25, 0.3) is 0 Å². The van der Waals surface area contributed by atoms with Crippen molar-refractivity contribution in [3.8, 4) is 0 Å². The minimum atomic E-state index is 0.615. The molecular formula is C12H24. The highest BCUT2D eigenvalue weighted by molar-refractivity contribution is 4.88. The van der Waals surface area contributed by atoms with Crippen molar-refractivity contribution in [2.45, 2.75) is 66.2 Å². The Morgan fingerprint density at radius 3 is 1.92 bits per heavy atom. The molecule has 0 saturated heterocycles. The molecule has 0 heterocycles. The van der Waals surface area contributed by atoms with Gasteiger partial charge in [0.2, 0.25) is 0 Å². The summed E-state index contributed by atoms with van der Waals surface area (Å²) in [6.07, 6.45) is 8.58. The molecule has 0 aromatic carbocycles. The average molecular weight is 168 g/mol. The maximum Gasteiger partial charge on any atom is -0.0298 e. The van der Waals surface area contributed by atoms with Crippen LogP contribution in [-0.2, 0) is 0 Å². The minimum absolute atomic E-state index is 0.615. The van der Waals surface area contributed by atoms with Crippen molar-refractivity contribution in [2.75, 3.05) is 0 Å². The van der Waals surface area contributed by atoms with E-state index >= 15 is 0 Å². The van der Waals surface area contributed by atoms with E-state index < -0.39 is 0 Å². The van der Waals surface area contributed by atoms with Crippen LogP contribution in [0.4, 0.5) is 0 Å². The molecule has 0 N–H and O–H groups in total. The normalized spacial score (nSPS) is 27.0. The lowest BCUT2D eigenvalue weighted by Crippen LogP contribution is -2.32. The minimum Gasteiger partial charge on any atom is -0.0649 e. The summed E-state index contributed by atoms with van der Waals surface area (Å²) in [6, 6.07) is 0. The van der Waals surface area contributed by atoms with Gasteiger partial charge in [0, 0.05) is 0 Å². The summed E-state index contributed by atoms with van der Waals surface area (Å²) in [4.78, 5) is 0. The van der Waals surface area contributed by atoms with Gasteiger partial charge in [0.15, 0.2) is 0 Å². The van der Waals surface area contributed by atoms with E-state index in [1.54, 1.807) is 0 Å². The molecule has 1 aliphatic carbocycles. The molecule has 1 aliphatic rings. The van der Waals surface area contributed by atoms with E-state index in [9.17, 15) is 0 Å². The molecule has 0 amide bonds. The van der Waals surface area contributed by atoms with Gasteiger partial charge >= 0.3 is 0 Å². The van der Waals surface area contributed by atoms with Gasteiger partial charge < -0.3 is 0 Å². The zero-order chi connectivity index (χ0) is 9.24. The fourth-order valence-corrected chi connectivity index (χ4v) is 2.99. The SMILES string of the molecule is CCC1(CC)CCCC(C)(C)C1. The predicted molar refractivity (Wildman–Crippen MR) is 55.3 cm³/mol. The molecule has 1 saturated carbocycles. The van der Waals surface area contributed by atoms with E-state index in [0.717, 1.165) is 0 Å². The van der Waals surface area contributed by atoms with Crippen LogP contribution in [0.1, 0.15) is 66.2 Å². The third-order valence-corrected chi connectivity index (χ3v) is 3.91. The van der Waals surface area contributed by atoms with Gasteiger partial charge in [0.1, 0.15) is 0 Å². The first-order valence-corrected chi connectivity index (χ1v) is 5.54. The second kappa shape index (κ2) is 3.40. The summed E-state index contributed by atoms with van der Waals surface area (Å²) in [7, 11) is 0. The van der Waals surface area contributed by atoms with Crippen LogP contribution in [0.5, 0.6) is 0 Å². The summed E-state index contributed by atoms with van der Waals surface area (Å²) >= 11 is 0. The monoisotopic (exact) mass is 168 g/mol. The molecule has 0 aromatic rings. The summed E-state index contributed by atoms with van der Waals surface area (Å²) in [6.45, 7) is 9.61. The molecule has 1 rings (SSSR count). The Hall–Kier alpha value is 0. The van der Waals surface area contributed by atoms with Crippen LogP contribution in [-0.4, -0.2) is 0 Å². The van der Waals surface area contributed by atoms with E-state index in [1.807, 2.05) is 0 Å². The van der Waals surface area contributed by atoms with Gasteiger partial charge in [-0.15, -0.1) is 0 Å². The molecule has 0 nitrogen and oxygen atoms in total. The summed E-state index contributed by atoms with van der Waals surface area (Å²) < 4.78 is 0. The quantitative estimate of drug-likeness (QED) is 0.573. The molecule has 1 fully saturated rings. The highest BCUT2D eigenvalue weighted by Gasteiger charge is 2.36. The van der Waals surface area contributed by atoms with Crippen LogP contribution in [0.3, 0.4) is 0 Å². The van der Waals surface area contributed by atoms with E-state index in [0.29, 0.717) is 10.8 Å². The van der Waals surface area contributed by atoms with Gasteiger partial charge in [0.05, 0.1) is 0 Å². The molecule has 0 unspecified atom stereocenters. The lowest BCUT2D eigenvalue weighted by Gasteiger charge is -2.44. The Morgan fingerprint density at radius 1 is 1.00 bits per heavy atom. The largest absolute Gasteiger partial charge is 0.0649 e. The zero-order valence-electron chi connectivity index (χ0n) is 9.24. The first kappa shape index (κ1) is 10.1. The summed E-state index contributed by atoms with van der Waals surface area (Å²) in [5.74, 6) is 0. The van der Waals surface area contributed by atoms with Crippen LogP contribution in [0.2, 0.25) is 0 Å². The van der Waals surface area contributed by atoms with E-state index in [2.05, 4.69) is 27.7 Å². The third-order valence-electron chi connectivity index (χ3n) is 3.91. The van der Waals surface area contributed by atoms with E-state index in [4.69, 9.17) is 0 Å². The van der Waals surface area contributed by atoms with Crippen molar-refractivity contribution >= 4 is 0 Å². The van der Waals surface area contributed by atoms with Gasteiger partial charge in [-0.1, -0.05) is 47.0 Å². The van der Waals surface area contributed by atoms with E-state index in [1.165, 1.54) is 38.5 Å². The van der Waals surface area contributed by atoms with Gasteiger partial charge in [0.25, 0.3) is 0 Å². The molecule has 0 bridgehead atoms. The Labute approximate surface area is 77.7 Å². The lowest BCUT2D eigenvalue weighted by atomic mass is 9.61. The molecule has 0 radical (unpaired) electrons. The van der Waals surface area contributed by atoms with Crippen LogP contribution in [0.15, 0.2) is 0 Å². The molecule has 0 aliphatic heterocycles. The second-order valence-electron chi connectivity index (χ2n) is 5.40. The second-order valence-corrected chi connectivity index (χ2v) is 5.40. The molecule has 72 valence electrons. The van der Waals surface area contributed by atoms with Crippen molar-refractivity contribution in [2.24, 2.45) is 10.8 Å². The molecule has 12 heavy (non-hydrogen) atoms. The highest BCUT2D eigenvalue weighted by Crippen LogP contribution is 2.49. The standard InChI is InChI=1S/C12H24/c1-5-12(6-2)9-7-8-11(3,4)10-12/h5-10H2,1-4H3. The van der Waals surface area contributed by atoms with Gasteiger partial charge in [-0.25, -0.2) is 0 Å². The Bertz CT molecular complexity index is 140. The predicted octanol–water partition coefficient (Wildman–Crippen LogP) is 4.39. The zero-order valence-corrected chi connectivity index (χ0v) is 9.24. The fraction of sp³-hybridized carbons (Fsp3) is 1.00. The number of rotatable bonds is 2. The smallest absolute Gasteiger partial charge is 0.0298 e. The maximum absolute atomic E-state index is 2.44. The molecular weight excluding hydrogens is 144 g/mol. The van der Waals surface area contributed by atoms with Gasteiger partial charge in [-0.3, -0.25) is 0 Å². The van der Waals surface area contributed by atoms with Gasteiger partial charge in [-0.05, 0) is 30.1 Å². The van der Waals surface area contributed by atoms with Crippen molar-refractivity contribution in [1.82, 2.24) is 0 Å². The van der Waals surface area contributed by atoms with Crippen molar-refractivity contribution < 1.29 is 0 Å². The van der Waals surface area contributed by atoms with Crippen molar-refractivity contribution in [1.29, 1.82) is 0 Å². The molecule has 0 heteroatoms.